The highest BCUT2D eigenvalue weighted by molar-refractivity contribution is 7.15. The first-order valence-corrected chi connectivity index (χ1v) is 11.7. The van der Waals surface area contributed by atoms with Gasteiger partial charge in [0.25, 0.3) is 0 Å². The summed E-state index contributed by atoms with van der Waals surface area (Å²) in [6.45, 7) is 2.39. The molecule has 2 aliphatic heterocycles. The first kappa shape index (κ1) is 23.6. The topological polar surface area (TPSA) is 58.9 Å². The molecule has 5 rings (SSSR count). The molecule has 0 saturated carbocycles. The van der Waals surface area contributed by atoms with Crippen molar-refractivity contribution in [2.75, 3.05) is 7.11 Å². The highest BCUT2D eigenvalue weighted by Crippen LogP contribution is 2.46. The van der Waals surface area contributed by atoms with Crippen LogP contribution in [0.4, 0.5) is 4.39 Å². The van der Waals surface area contributed by atoms with E-state index in [1.165, 1.54) is 17.0 Å². The van der Waals surface area contributed by atoms with E-state index in [4.69, 9.17) is 21.0 Å². The van der Waals surface area contributed by atoms with E-state index in [0.29, 0.717) is 25.9 Å². The van der Waals surface area contributed by atoms with Crippen LogP contribution in [-0.4, -0.2) is 29.5 Å². The third-order valence-electron chi connectivity index (χ3n) is 6.01. The maximum atomic E-state index is 13.2. The summed E-state index contributed by atoms with van der Waals surface area (Å²) in [6.07, 6.45) is 7.01. The van der Waals surface area contributed by atoms with Crippen molar-refractivity contribution >= 4 is 11.3 Å². The Morgan fingerprint density at radius 1 is 1.18 bits per heavy atom. The van der Waals surface area contributed by atoms with E-state index in [2.05, 4.69) is 24.1 Å². The van der Waals surface area contributed by atoms with Gasteiger partial charge in [0.2, 0.25) is 0 Å². The standard InChI is InChI=1S/C26H23FO3S.CH4O/c1-3-17-11-20-15-29-26(14-22(28)10-16(2)30-26)24(20)13-19(17)12-23-8-9-25(31-23)18-4-6-21(27)7-5-18;1-2/h1,4-9,11,13,16,22,28H,10,12,14-15H2,2H3;2H,1H3/t16?,22?,26-;/m1./s1. The van der Waals surface area contributed by atoms with Crippen molar-refractivity contribution in [1.82, 2.24) is 0 Å². The smallest absolute Gasteiger partial charge is 0.198 e. The molecule has 2 aromatic carbocycles. The van der Waals surface area contributed by atoms with Crippen LogP contribution in [0.1, 0.15) is 46.9 Å². The number of benzene rings is 2. The Balaban J connectivity index is 0.00000126. The Kier molecular flexibility index (Phi) is 6.99. The lowest BCUT2D eigenvalue weighted by molar-refractivity contribution is -0.295. The number of terminal acetylenes is 1. The molecule has 3 aromatic rings. The molecular formula is C27H27FO4S. The number of aliphatic hydroxyl groups excluding tert-OH is 2. The van der Waals surface area contributed by atoms with Crippen LogP contribution in [0.25, 0.3) is 10.4 Å². The van der Waals surface area contributed by atoms with Gasteiger partial charge in [0.15, 0.2) is 5.79 Å². The Morgan fingerprint density at radius 2 is 1.94 bits per heavy atom. The van der Waals surface area contributed by atoms with E-state index in [0.717, 1.165) is 39.8 Å². The Hall–Kier alpha value is -2.53. The van der Waals surface area contributed by atoms with Gasteiger partial charge in [-0.25, -0.2) is 4.39 Å². The lowest BCUT2D eigenvalue weighted by atomic mass is 9.89. The van der Waals surface area contributed by atoms with E-state index in [1.807, 2.05) is 13.0 Å². The molecule has 0 radical (unpaired) electrons. The lowest BCUT2D eigenvalue weighted by Crippen LogP contribution is -2.43. The molecule has 2 unspecified atom stereocenters. The summed E-state index contributed by atoms with van der Waals surface area (Å²) in [7, 11) is 1.00. The third kappa shape index (κ3) is 4.74. The summed E-state index contributed by atoms with van der Waals surface area (Å²) in [5, 5.41) is 17.4. The van der Waals surface area contributed by atoms with Crippen molar-refractivity contribution in [3.05, 3.63) is 81.5 Å². The molecule has 1 fully saturated rings. The minimum atomic E-state index is -0.900. The van der Waals surface area contributed by atoms with E-state index in [-0.39, 0.29) is 11.9 Å². The molecular weight excluding hydrogens is 439 g/mol. The molecule has 1 saturated heterocycles. The molecule has 0 amide bonds. The molecule has 1 aromatic heterocycles. The second-order valence-electron chi connectivity index (χ2n) is 8.32. The van der Waals surface area contributed by atoms with Gasteiger partial charge < -0.3 is 19.7 Å². The minimum Gasteiger partial charge on any atom is -0.400 e. The van der Waals surface area contributed by atoms with Crippen LogP contribution in [0.2, 0.25) is 0 Å². The number of hydrogen-bond acceptors (Lipinski definition) is 5. The van der Waals surface area contributed by atoms with Crippen LogP contribution in [0, 0.1) is 18.2 Å². The second kappa shape index (κ2) is 9.76. The zero-order valence-electron chi connectivity index (χ0n) is 18.7. The average molecular weight is 467 g/mol. The van der Waals surface area contributed by atoms with E-state index in [1.54, 1.807) is 23.5 Å². The van der Waals surface area contributed by atoms with Gasteiger partial charge in [-0.15, -0.1) is 17.8 Å². The van der Waals surface area contributed by atoms with Crippen LogP contribution >= 0.6 is 11.3 Å². The number of fused-ring (bicyclic) bond motifs is 2. The van der Waals surface area contributed by atoms with Crippen LogP contribution in [0.15, 0.2) is 48.5 Å². The summed E-state index contributed by atoms with van der Waals surface area (Å²) >= 11 is 1.67. The number of halogens is 1. The van der Waals surface area contributed by atoms with Crippen LogP contribution < -0.4 is 0 Å². The number of hydrogen-bond donors (Lipinski definition) is 2. The lowest BCUT2D eigenvalue weighted by Gasteiger charge is -2.39. The molecule has 172 valence electrons. The Labute approximate surface area is 197 Å². The predicted molar refractivity (Wildman–Crippen MR) is 127 cm³/mol. The van der Waals surface area contributed by atoms with Gasteiger partial charge >= 0.3 is 0 Å². The van der Waals surface area contributed by atoms with Crippen LogP contribution in [0.3, 0.4) is 0 Å². The molecule has 3 heterocycles. The number of thiophene rings is 1. The van der Waals surface area contributed by atoms with Crippen molar-refractivity contribution < 1.29 is 24.1 Å². The normalized spacial score (nSPS) is 23.5. The zero-order valence-corrected chi connectivity index (χ0v) is 19.5. The predicted octanol–water partition coefficient (Wildman–Crippen LogP) is 4.98. The second-order valence-corrected chi connectivity index (χ2v) is 9.49. The van der Waals surface area contributed by atoms with E-state index in [9.17, 15) is 9.50 Å². The van der Waals surface area contributed by atoms with Crippen LogP contribution in [-0.2, 0) is 28.3 Å². The quantitative estimate of drug-likeness (QED) is 0.535. The van der Waals surface area contributed by atoms with Crippen molar-refractivity contribution in [3.63, 3.8) is 0 Å². The molecule has 2 N–H and O–H groups in total. The summed E-state index contributed by atoms with van der Waals surface area (Å²) < 4.78 is 25.5. The van der Waals surface area contributed by atoms with Gasteiger partial charge in [0, 0.05) is 40.8 Å². The van der Waals surface area contributed by atoms with Crippen molar-refractivity contribution in [3.8, 4) is 22.8 Å². The largest absolute Gasteiger partial charge is 0.400 e. The van der Waals surface area contributed by atoms with Gasteiger partial charge in [-0.1, -0.05) is 18.1 Å². The van der Waals surface area contributed by atoms with E-state index < -0.39 is 11.9 Å². The van der Waals surface area contributed by atoms with Gasteiger partial charge in [0.05, 0.1) is 18.8 Å². The fourth-order valence-corrected chi connectivity index (χ4v) is 5.65. The van der Waals surface area contributed by atoms with E-state index >= 15 is 0 Å². The highest BCUT2D eigenvalue weighted by Gasteiger charge is 2.47. The number of aliphatic hydroxyl groups is 2. The maximum absolute atomic E-state index is 13.2. The van der Waals surface area contributed by atoms with Crippen molar-refractivity contribution in [1.29, 1.82) is 0 Å². The zero-order chi connectivity index (χ0) is 23.6. The summed E-state index contributed by atoms with van der Waals surface area (Å²) in [4.78, 5) is 2.26. The summed E-state index contributed by atoms with van der Waals surface area (Å²) in [6, 6.07) is 14.8. The molecule has 2 aliphatic rings. The number of ether oxygens (including phenoxy) is 2. The fraction of sp³-hybridized carbons (Fsp3) is 0.333. The molecule has 1 spiro atoms. The highest BCUT2D eigenvalue weighted by atomic mass is 32.1. The van der Waals surface area contributed by atoms with Gasteiger partial charge in [-0.2, -0.15) is 0 Å². The molecule has 0 bridgehead atoms. The van der Waals surface area contributed by atoms with Crippen molar-refractivity contribution in [2.45, 2.75) is 50.8 Å². The first-order chi connectivity index (χ1) is 16.0. The molecule has 4 nitrogen and oxygen atoms in total. The number of rotatable bonds is 3. The Bertz CT molecular complexity index is 1150. The average Bonchev–Trinajstić information content (AvgIpc) is 3.40. The molecule has 6 heteroatoms. The molecule has 0 aliphatic carbocycles. The van der Waals surface area contributed by atoms with Gasteiger partial charge in [-0.3, -0.25) is 0 Å². The fourth-order valence-electron chi connectivity index (χ4n) is 4.61. The van der Waals surface area contributed by atoms with Crippen molar-refractivity contribution in [2.24, 2.45) is 0 Å². The Morgan fingerprint density at radius 3 is 2.64 bits per heavy atom. The van der Waals surface area contributed by atoms with Gasteiger partial charge in [-0.05, 0) is 66.4 Å². The third-order valence-corrected chi connectivity index (χ3v) is 7.15. The SMILES string of the molecule is C#Cc1cc2c(cc1Cc1ccc(-c3ccc(F)cc3)s1)[C@]1(CC(O)CC(C)O1)OC2.CO. The molecule has 3 atom stereocenters. The summed E-state index contributed by atoms with van der Waals surface area (Å²) in [5.41, 5.74) is 4.88. The van der Waals surface area contributed by atoms with Gasteiger partial charge in [0.1, 0.15) is 5.82 Å². The molecule has 33 heavy (non-hydrogen) atoms. The van der Waals surface area contributed by atoms with Crippen LogP contribution in [0.5, 0.6) is 0 Å². The first-order valence-electron chi connectivity index (χ1n) is 10.9. The minimum absolute atomic E-state index is 0.0824. The maximum Gasteiger partial charge on any atom is 0.198 e. The summed E-state index contributed by atoms with van der Waals surface area (Å²) in [5.74, 6) is 1.68. The monoisotopic (exact) mass is 466 g/mol.